The van der Waals surface area contributed by atoms with Crippen LogP contribution in [0.25, 0.3) is 22.2 Å². The molecule has 6 rings (SSSR count). The molecule has 1 N–H and O–H groups in total. The molecule has 2 aromatic carbocycles. The summed E-state index contributed by atoms with van der Waals surface area (Å²) in [7, 11) is 2.03. The maximum absolute atomic E-state index is 14.1. The first-order chi connectivity index (χ1) is 19.5. The van der Waals surface area contributed by atoms with E-state index in [2.05, 4.69) is 62.0 Å². The Hall–Kier alpha value is -4.24. The van der Waals surface area contributed by atoms with Crippen molar-refractivity contribution in [3.63, 3.8) is 0 Å². The zero-order chi connectivity index (χ0) is 27.6. The van der Waals surface area contributed by atoms with E-state index in [-0.39, 0.29) is 23.6 Å². The van der Waals surface area contributed by atoms with Crippen LogP contribution in [0.3, 0.4) is 0 Å². The average molecular weight is 539 g/mol. The molecule has 206 valence electrons. The van der Waals surface area contributed by atoms with Crippen LogP contribution in [-0.2, 0) is 11.8 Å². The lowest BCUT2D eigenvalue weighted by Gasteiger charge is -2.35. The van der Waals surface area contributed by atoms with Gasteiger partial charge in [-0.25, -0.2) is 9.97 Å². The van der Waals surface area contributed by atoms with Crippen molar-refractivity contribution in [3.05, 3.63) is 77.7 Å². The number of amides is 2. The standard InChI is InChI=1S/C31H34N6O3/c1-21-10-11-26-24(17-21)28(29(35(26)2)22-7-4-3-5-8-22)31(39)37-14-12-36(13-15-37)27-20-32-25(19-33-27)30(38)34-18-23-9-6-16-40-23/h3-5,7-8,10-11,17,19-20,23H,6,9,12-16,18H2,1-2H3,(H,34,38). The van der Waals surface area contributed by atoms with E-state index in [0.717, 1.165) is 52.7 Å². The average Bonchev–Trinajstić information content (AvgIpc) is 3.62. The number of hydrogen-bond donors (Lipinski definition) is 1. The fourth-order valence-electron chi connectivity index (χ4n) is 5.71. The number of aromatic nitrogens is 3. The van der Waals surface area contributed by atoms with Crippen LogP contribution in [0.4, 0.5) is 5.82 Å². The number of piperazine rings is 1. The Kier molecular flexibility index (Phi) is 7.21. The second kappa shape index (κ2) is 11.1. The van der Waals surface area contributed by atoms with Crippen molar-refractivity contribution in [2.75, 3.05) is 44.2 Å². The van der Waals surface area contributed by atoms with E-state index < -0.39 is 0 Å². The summed E-state index contributed by atoms with van der Waals surface area (Å²) >= 11 is 0. The fourth-order valence-corrected chi connectivity index (χ4v) is 5.71. The molecule has 4 heterocycles. The Bertz CT molecular complexity index is 1520. The highest BCUT2D eigenvalue weighted by Gasteiger charge is 2.29. The normalized spacial score (nSPS) is 17.4. The maximum atomic E-state index is 14.1. The van der Waals surface area contributed by atoms with Crippen LogP contribution in [0.1, 0.15) is 39.3 Å². The Morgan fingerprint density at radius 2 is 1.82 bits per heavy atom. The Morgan fingerprint density at radius 1 is 1.02 bits per heavy atom. The molecule has 9 nitrogen and oxygen atoms in total. The fraction of sp³-hybridized carbons (Fsp3) is 0.355. The third-order valence-corrected chi connectivity index (χ3v) is 7.89. The molecule has 2 fully saturated rings. The number of carbonyl (C=O) groups excluding carboxylic acids is 2. The SMILES string of the molecule is Cc1ccc2c(c1)c(C(=O)N1CCN(c3cnc(C(=O)NCC4CCCO4)cn3)CC1)c(-c1ccccc1)n2C. The van der Waals surface area contributed by atoms with Gasteiger partial charge in [-0.1, -0.05) is 42.0 Å². The summed E-state index contributed by atoms with van der Waals surface area (Å²) in [4.78, 5) is 39.4. The third kappa shape index (κ3) is 5.04. The van der Waals surface area contributed by atoms with Crippen molar-refractivity contribution in [2.24, 2.45) is 7.05 Å². The molecule has 0 aliphatic carbocycles. The number of aryl methyl sites for hydroxylation is 2. The van der Waals surface area contributed by atoms with Gasteiger partial charge in [-0.3, -0.25) is 9.59 Å². The van der Waals surface area contributed by atoms with Gasteiger partial charge in [0.15, 0.2) is 0 Å². The van der Waals surface area contributed by atoms with Crippen molar-refractivity contribution in [1.82, 2.24) is 24.8 Å². The van der Waals surface area contributed by atoms with E-state index in [1.807, 2.05) is 30.1 Å². The van der Waals surface area contributed by atoms with Gasteiger partial charge in [0.2, 0.25) is 0 Å². The highest BCUT2D eigenvalue weighted by atomic mass is 16.5. The van der Waals surface area contributed by atoms with E-state index in [4.69, 9.17) is 4.74 Å². The number of carbonyl (C=O) groups is 2. The first-order valence-corrected chi connectivity index (χ1v) is 13.9. The molecular formula is C31H34N6O3. The number of nitrogens with zero attached hydrogens (tertiary/aromatic N) is 5. The van der Waals surface area contributed by atoms with Crippen molar-refractivity contribution >= 4 is 28.5 Å². The molecule has 0 bridgehead atoms. The monoisotopic (exact) mass is 538 g/mol. The smallest absolute Gasteiger partial charge is 0.271 e. The second-order valence-corrected chi connectivity index (χ2v) is 10.6. The lowest BCUT2D eigenvalue weighted by atomic mass is 10.0. The molecule has 1 unspecified atom stereocenters. The molecule has 40 heavy (non-hydrogen) atoms. The minimum atomic E-state index is -0.246. The van der Waals surface area contributed by atoms with Crippen LogP contribution in [0, 0.1) is 6.92 Å². The van der Waals surface area contributed by atoms with E-state index >= 15 is 0 Å². The Labute approximate surface area is 233 Å². The molecular weight excluding hydrogens is 504 g/mol. The van der Waals surface area contributed by atoms with Gasteiger partial charge in [0.05, 0.1) is 29.8 Å². The van der Waals surface area contributed by atoms with Crippen LogP contribution >= 0.6 is 0 Å². The predicted octanol–water partition coefficient (Wildman–Crippen LogP) is 3.81. The van der Waals surface area contributed by atoms with E-state index in [1.54, 1.807) is 6.20 Å². The molecule has 2 saturated heterocycles. The summed E-state index contributed by atoms with van der Waals surface area (Å²) < 4.78 is 7.69. The number of anilines is 1. The molecule has 2 aliphatic rings. The quantitative estimate of drug-likeness (QED) is 0.401. The summed E-state index contributed by atoms with van der Waals surface area (Å²) in [5, 5.41) is 3.86. The highest BCUT2D eigenvalue weighted by Crippen LogP contribution is 2.35. The molecule has 1 atom stereocenters. The molecule has 2 aromatic heterocycles. The van der Waals surface area contributed by atoms with Gasteiger partial charge in [-0.05, 0) is 37.5 Å². The lowest BCUT2D eigenvalue weighted by Crippen LogP contribution is -2.49. The Balaban J connectivity index is 1.16. The molecule has 0 saturated carbocycles. The zero-order valence-corrected chi connectivity index (χ0v) is 23.0. The van der Waals surface area contributed by atoms with Gasteiger partial charge in [-0.2, -0.15) is 0 Å². The molecule has 0 spiro atoms. The van der Waals surface area contributed by atoms with E-state index in [0.29, 0.717) is 38.5 Å². The lowest BCUT2D eigenvalue weighted by molar-refractivity contribution is 0.0748. The van der Waals surface area contributed by atoms with Crippen LogP contribution in [0.2, 0.25) is 0 Å². The van der Waals surface area contributed by atoms with E-state index in [9.17, 15) is 9.59 Å². The Morgan fingerprint density at radius 3 is 2.52 bits per heavy atom. The minimum absolute atomic E-state index is 0.0408. The van der Waals surface area contributed by atoms with Gasteiger partial charge in [0.25, 0.3) is 11.8 Å². The van der Waals surface area contributed by atoms with Crippen LogP contribution in [0.15, 0.2) is 60.9 Å². The topological polar surface area (TPSA) is 92.6 Å². The third-order valence-electron chi connectivity index (χ3n) is 7.89. The molecule has 2 aliphatic heterocycles. The summed E-state index contributed by atoms with van der Waals surface area (Å²) in [6.07, 6.45) is 5.23. The van der Waals surface area contributed by atoms with Crippen LogP contribution in [-0.4, -0.2) is 76.7 Å². The number of ether oxygens (including phenoxy) is 1. The van der Waals surface area contributed by atoms with Crippen LogP contribution < -0.4 is 10.2 Å². The van der Waals surface area contributed by atoms with Gasteiger partial charge in [0, 0.05) is 57.3 Å². The first kappa shape index (κ1) is 26.0. The van der Waals surface area contributed by atoms with Crippen molar-refractivity contribution in [3.8, 4) is 11.3 Å². The number of rotatable bonds is 6. The van der Waals surface area contributed by atoms with Crippen molar-refractivity contribution in [1.29, 1.82) is 0 Å². The van der Waals surface area contributed by atoms with Crippen molar-refractivity contribution in [2.45, 2.75) is 25.9 Å². The second-order valence-electron chi connectivity index (χ2n) is 10.6. The van der Waals surface area contributed by atoms with Crippen molar-refractivity contribution < 1.29 is 14.3 Å². The number of nitrogens with one attached hydrogen (secondary N) is 1. The molecule has 4 aromatic rings. The first-order valence-electron chi connectivity index (χ1n) is 13.9. The van der Waals surface area contributed by atoms with E-state index in [1.165, 1.54) is 6.20 Å². The van der Waals surface area contributed by atoms with Gasteiger partial charge >= 0.3 is 0 Å². The number of hydrogen-bond acceptors (Lipinski definition) is 6. The maximum Gasteiger partial charge on any atom is 0.271 e. The van der Waals surface area contributed by atoms with Crippen LogP contribution in [0.5, 0.6) is 0 Å². The molecule has 2 amide bonds. The number of fused-ring (bicyclic) bond motifs is 1. The zero-order valence-electron chi connectivity index (χ0n) is 23.0. The van der Waals surface area contributed by atoms with Gasteiger partial charge in [-0.15, -0.1) is 0 Å². The minimum Gasteiger partial charge on any atom is -0.376 e. The molecule has 9 heteroatoms. The number of benzene rings is 2. The summed E-state index contributed by atoms with van der Waals surface area (Å²) in [5.41, 5.74) is 5.17. The van der Waals surface area contributed by atoms with Gasteiger partial charge < -0.3 is 24.4 Å². The molecule has 0 radical (unpaired) electrons. The highest BCUT2D eigenvalue weighted by molar-refractivity contribution is 6.13. The summed E-state index contributed by atoms with van der Waals surface area (Å²) in [5.74, 6) is 0.497. The summed E-state index contributed by atoms with van der Waals surface area (Å²) in [6.45, 7) is 5.71. The predicted molar refractivity (Wildman–Crippen MR) is 155 cm³/mol. The summed E-state index contributed by atoms with van der Waals surface area (Å²) in [6, 6.07) is 16.4. The van der Waals surface area contributed by atoms with Gasteiger partial charge in [0.1, 0.15) is 11.5 Å². The largest absolute Gasteiger partial charge is 0.376 e.